The summed E-state index contributed by atoms with van der Waals surface area (Å²) in [5, 5.41) is 43.7. The van der Waals surface area contributed by atoms with Crippen molar-refractivity contribution in [3.8, 4) is 0 Å². The first-order valence-corrected chi connectivity index (χ1v) is 26.4. The zero-order chi connectivity index (χ0) is 43.8. The van der Waals surface area contributed by atoms with Gasteiger partial charge in [-0.1, -0.05) is 243 Å². The van der Waals surface area contributed by atoms with E-state index in [1.807, 2.05) is 0 Å². The first-order valence-electron chi connectivity index (χ1n) is 26.4. The molecule has 0 aromatic rings. The molecule has 0 saturated carbocycles. The van der Waals surface area contributed by atoms with Crippen molar-refractivity contribution in [3.05, 3.63) is 36.5 Å². The minimum absolute atomic E-state index is 0.361. The summed E-state index contributed by atoms with van der Waals surface area (Å²) in [6, 6.07) is -1.01. The molecular weight excluding hydrogens is 743 g/mol. The molecule has 0 heterocycles. The maximum Gasteiger partial charge on any atom is 0.249 e. The minimum atomic E-state index is -1.29. The Balaban J connectivity index is 3.68. The van der Waals surface area contributed by atoms with Crippen LogP contribution in [-0.2, 0) is 4.79 Å². The Kier molecular flexibility index (Phi) is 47.4. The number of allylic oxidation sites excluding steroid dienone is 6. The second kappa shape index (κ2) is 48.6. The summed E-state index contributed by atoms with van der Waals surface area (Å²) < 4.78 is 0. The van der Waals surface area contributed by atoms with E-state index in [0.29, 0.717) is 19.3 Å². The molecule has 6 heteroatoms. The van der Waals surface area contributed by atoms with Gasteiger partial charge in [-0.2, -0.15) is 0 Å². The molecule has 0 aliphatic carbocycles. The fraction of sp³-hybridized carbons (Fsp3) is 0.870. The molecule has 0 radical (unpaired) electrons. The van der Waals surface area contributed by atoms with Crippen LogP contribution in [0.2, 0.25) is 0 Å². The quantitative estimate of drug-likeness (QED) is 0.0309. The molecule has 0 aromatic heterocycles. The Morgan fingerprint density at radius 2 is 0.700 bits per heavy atom. The van der Waals surface area contributed by atoms with Crippen LogP contribution in [0.4, 0.5) is 0 Å². The topological polar surface area (TPSA) is 110 Å². The van der Waals surface area contributed by atoms with Crippen LogP contribution in [0.25, 0.3) is 0 Å². The predicted molar refractivity (Wildman–Crippen MR) is 260 cm³/mol. The molecule has 0 aliphatic heterocycles. The number of carbonyl (C=O) groups is 1. The maximum absolute atomic E-state index is 12.5. The van der Waals surface area contributed by atoms with Crippen LogP contribution >= 0.6 is 0 Å². The Morgan fingerprint density at radius 1 is 0.400 bits per heavy atom. The van der Waals surface area contributed by atoms with Crippen molar-refractivity contribution in [1.29, 1.82) is 0 Å². The van der Waals surface area contributed by atoms with E-state index in [9.17, 15) is 25.2 Å². The average molecular weight is 846 g/mol. The number of aliphatic hydroxyl groups excluding tert-OH is 4. The summed E-state index contributed by atoms with van der Waals surface area (Å²) in [5.41, 5.74) is 0. The van der Waals surface area contributed by atoms with E-state index in [2.05, 4.69) is 55.6 Å². The third-order valence-electron chi connectivity index (χ3n) is 12.3. The Labute approximate surface area is 373 Å². The highest BCUT2D eigenvalue weighted by Crippen LogP contribution is 2.17. The van der Waals surface area contributed by atoms with Gasteiger partial charge in [-0.25, -0.2) is 0 Å². The van der Waals surface area contributed by atoms with Crippen molar-refractivity contribution in [1.82, 2.24) is 5.32 Å². The summed E-state index contributed by atoms with van der Waals surface area (Å²) in [4.78, 5) is 12.5. The van der Waals surface area contributed by atoms with Gasteiger partial charge in [-0.15, -0.1) is 0 Å². The predicted octanol–water partition coefficient (Wildman–Crippen LogP) is 14.9. The van der Waals surface area contributed by atoms with E-state index in [4.69, 9.17) is 0 Å². The van der Waals surface area contributed by atoms with Crippen LogP contribution in [0, 0.1) is 0 Å². The van der Waals surface area contributed by atoms with Crippen LogP contribution in [0.5, 0.6) is 0 Å². The normalized spacial score (nSPS) is 14.2. The van der Waals surface area contributed by atoms with Crippen molar-refractivity contribution in [2.24, 2.45) is 0 Å². The lowest BCUT2D eigenvalue weighted by Crippen LogP contribution is -2.53. The fourth-order valence-corrected chi connectivity index (χ4v) is 8.14. The van der Waals surface area contributed by atoms with Crippen LogP contribution in [-0.4, -0.2) is 57.3 Å². The van der Waals surface area contributed by atoms with Crippen molar-refractivity contribution in [3.63, 3.8) is 0 Å². The van der Waals surface area contributed by atoms with Gasteiger partial charge in [-0.05, 0) is 64.2 Å². The first-order chi connectivity index (χ1) is 29.5. The number of aliphatic hydroxyl groups is 4. The highest BCUT2D eigenvalue weighted by atomic mass is 16.3. The molecule has 0 spiro atoms. The van der Waals surface area contributed by atoms with Crippen molar-refractivity contribution >= 4 is 5.91 Å². The molecule has 60 heavy (non-hydrogen) atoms. The molecule has 0 saturated heterocycles. The smallest absolute Gasteiger partial charge is 0.249 e. The van der Waals surface area contributed by atoms with Gasteiger partial charge in [0.05, 0.1) is 18.8 Å². The molecule has 354 valence electrons. The Bertz CT molecular complexity index is 950. The Morgan fingerprint density at radius 3 is 1.05 bits per heavy atom. The monoisotopic (exact) mass is 846 g/mol. The van der Waals surface area contributed by atoms with Crippen molar-refractivity contribution in [2.45, 2.75) is 295 Å². The van der Waals surface area contributed by atoms with E-state index in [1.165, 1.54) is 186 Å². The van der Waals surface area contributed by atoms with Gasteiger partial charge in [0.1, 0.15) is 12.2 Å². The van der Waals surface area contributed by atoms with Crippen LogP contribution in [0.15, 0.2) is 36.5 Å². The molecule has 0 aromatic carbocycles. The molecule has 5 N–H and O–H groups in total. The molecule has 0 rings (SSSR count). The molecule has 0 bridgehead atoms. The largest absolute Gasteiger partial charge is 0.394 e. The number of hydrogen-bond acceptors (Lipinski definition) is 5. The molecule has 4 unspecified atom stereocenters. The molecule has 4 atom stereocenters. The molecular formula is C54H103NO5. The van der Waals surface area contributed by atoms with Crippen LogP contribution in [0.1, 0.15) is 271 Å². The van der Waals surface area contributed by atoms with E-state index < -0.39 is 36.9 Å². The number of unbranched alkanes of at least 4 members (excludes halogenated alkanes) is 33. The van der Waals surface area contributed by atoms with Crippen molar-refractivity contribution in [2.75, 3.05) is 6.61 Å². The van der Waals surface area contributed by atoms with Gasteiger partial charge >= 0.3 is 0 Å². The van der Waals surface area contributed by atoms with E-state index in [0.717, 1.165) is 51.4 Å². The number of rotatable bonds is 48. The van der Waals surface area contributed by atoms with Crippen LogP contribution in [0.3, 0.4) is 0 Å². The summed E-state index contributed by atoms with van der Waals surface area (Å²) >= 11 is 0. The van der Waals surface area contributed by atoms with E-state index in [-0.39, 0.29) is 0 Å². The lowest BCUT2D eigenvalue weighted by atomic mass is 10.00. The maximum atomic E-state index is 12.5. The highest BCUT2D eigenvalue weighted by molar-refractivity contribution is 5.80. The average Bonchev–Trinajstić information content (AvgIpc) is 3.25. The van der Waals surface area contributed by atoms with Gasteiger partial charge in [0, 0.05) is 0 Å². The van der Waals surface area contributed by atoms with Crippen LogP contribution < -0.4 is 5.32 Å². The van der Waals surface area contributed by atoms with Gasteiger partial charge in [0.2, 0.25) is 5.91 Å². The lowest BCUT2D eigenvalue weighted by molar-refractivity contribution is -0.132. The van der Waals surface area contributed by atoms with Gasteiger partial charge in [0.25, 0.3) is 0 Å². The van der Waals surface area contributed by atoms with Gasteiger partial charge in [0.15, 0.2) is 0 Å². The highest BCUT2D eigenvalue weighted by Gasteiger charge is 2.28. The summed E-state index contributed by atoms with van der Waals surface area (Å²) in [5.74, 6) is -0.598. The molecule has 6 nitrogen and oxygen atoms in total. The second-order valence-electron chi connectivity index (χ2n) is 18.2. The first kappa shape index (κ1) is 58.5. The van der Waals surface area contributed by atoms with Gasteiger partial charge in [-0.3, -0.25) is 4.79 Å². The molecule has 0 aliphatic rings. The number of nitrogens with one attached hydrogen (secondary N) is 1. The third kappa shape index (κ3) is 41.9. The number of amides is 1. The van der Waals surface area contributed by atoms with E-state index >= 15 is 0 Å². The zero-order valence-electron chi connectivity index (χ0n) is 40.0. The SMILES string of the molecule is CCCCCCCCCCCCCCCCCCCC/C=C/CC/C=C/CC/C=C/CCCC(O)C(O)C(CO)NC(=O)C(O)CCCCCCCCCCCCCCC. The molecule has 1 amide bonds. The minimum Gasteiger partial charge on any atom is -0.394 e. The summed E-state index contributed by atoms with van der Waals surface area (Å²) in [6.45, 7) is 4.05. The molecule has 0 fully saturated rings. The fourth-order valence-electron chi connectivity index (χ4n) is 8.14. The number of hydrogen-bond donors (Lipinski definition) is 5. The van der Waals surface area contributed by atoms with Crippen molar-refractivity contribution < 1.29 is 25.2 Å². The third-order valence-corrected chi connectivity index (χ3v) is 12.3. The lowest BCUT2D eigenvalue weighted by Gasteiger charge is -2.27. The standard InChI is InChI=1S/C54H103NO5/c1-3-5-7-9-11-13-15-17-18-19-20-21-22-23-24-25-26-27-28-29-30-31-32-33-34-36-37-39-41-43-45-47-51(57)53(59)50(49-56)55-54(60)52(58)48-46-44-42-40-38-35-16-14-12-10-8-6-4-2/h29-30,33-34,39,41,50-53,56-59H,3-28,31-32,35-38,40,42-49H2,1-2H3,(H,55,60)/b30-29+,34-33+,41-39+. The Hall–Kier alpha value is -1.47. The zero-order valence-corrected chi connectivity index (χ0v) is 40.0. The summed E-state index contributed by atoms with van der Waals surface area (Å²) in [7, 11) is 0. The summed E-state index contributed by atoms with van der Waals surface area (Å²) in [6.07, 6.45) is 59.3. The number of carbonyl (C=O) groups excluding carboxylic acids is 1. The second-order valence-corrected chi connectivity index (χ2v) is 18.2. The van der Waals surface area contributed by atoms with E-state index in [1.54, 1.807) is 0 Å². The van der Waals surface area contributed by atoms with Gasteiger partial charge < -0.3 is 25.7 Å².